The van der Waals surface area contributed by atoms with E-state index in [0.29, 0.717) is 43.6 Å². The van der Waals surface area contributed by atoms with Crippen molar-refractivity contribution in [1.82, 2.24) is 20.0 Å². The Bertz CT molecular complexity index is 1400. The zero-order valence-electron chi connectivity index (χ0n) is 24.9. The lowest BCUT2D eigenvalue weighted by Crippen LogP contribution is -2.54. The van der Waals surface area contributed by atoms with Crippen LogP contribution in [-0.2, 0) is 21.9 Å². The molecule has 0 bridgehead atoms. The number of benzene rings is 2. The van der Waals surface area contributed by atoms with Gasteiger partial charge >= 0.3 is 12.4 Å². The summed E-state index contributed by atoms with van der Waals surface area (Å²) in [6.45, 7) is 3.02. The number of amides is 3. The van der Waals surface area contributed by atoms with Crippen LogP contribution in [-0.4, -0.2) is 84.3 Å². The minimum atomic E-state index is -5.11. The van der Waals surface area contributed by atoms with Gasteiger partial charge in [-0.3, -0.25) is 14.4 Å². The molecule has 0 radical (unpaired) electrons. The van der Waals surface area contributed by atoms with E-state index < -0.39 is 46.9 Å². The zero-order chi connectivity index (χ0) is 33.3. The van der Waals surface area contributed by atoms with Crippen molar-refractivity contribution < 1.29 is 40.7 Å². The molecule has 2 heterocycles. The van der Waals surface area contributed by atoms with E-state index >= 15 is 0 Å². The molecule has 2 atom stereocenters. The fourth-order valence-electron chi connectivity index (χ4n) is 5.87. The molecule has 3 amide bonds. The van der Waals surface area contributed by atoms with Crippen molar-refractivity contribution in [2.45, 2.75) is 56.5 Å². The van der Waals surface area contributed by atoms with Crippen LogP contribution in [0.15, 0.2) is 36.4 Å². The molecule has 7 nitrogen and oxygen atoms in total. The zero-order valence-corrected chi connectivity index (χ0v) is 27.2. The van der Waals surface area contributed by atoms with E-state index in [1.807, 2.05) is 0 Å². The number of rotatable bonds is 6. The van der Waals surface area contributed by atoms with Crippen LogP contribution in [0.2, 0.25) is 10.0 Å². The number of nitrogens with zero attached hydrogens (tertiary/aromatic N) is 3. The van der Waals surface area contributed by atoms with Crippen LogP contribution in [0.4, 0.5) is 26.3 Å². The lowest BCUT2D eigenvalue weighted by molar-refractivity contribution is -0.143. The van der Waals surface area contributed by atoms with Gasteiger partial charge in [0.05, 0.1) is 27.7 Å². The van der Waals surface area contributed by atoms with Crippen molar-refractivity contribution >= 4 is 53.3 Å². The number of alkyl halides is 6. The maximum Gasteiger partial charge on any atom is 0.416 e. The van der Waals surface area contributed by atoms with Crippen molar-refractivity contribution in [1.29, 1.82) is 0 Å². The highest BCUT2D eigenvalue weighted by Gasteiger charge is 2.40. The van der Waals surface area contributed by atoms with Crippen molar-refractivity contribution in [2.24, 2.45) is 0 Å². The molecular formula is C30H33Cl3F6N4O3. The SMILES string of the molecule is CC(=O)N1CCC(NCC(=O)N2CC[C@@H](N(C)C(=O)c3cc(C(F)(F)F)cc(C(F)(F)F)c3)[C@H](c3ccc(Cl)c(Cl)c3)C2)CC1.Cl. The summed E-state index contributed by atoms with van der Waals surface area (Å²) in [7, 11) is 1.32. The summed E-state index contributed by atoms with van der Waals surface area (Å²) in [6.07, 6.45) is -8.64. The first-order valence-electron chi connectivity index (χ1n) is 14.2. The molecule has 2 saturated heterocycles. The molecule has 0 saturated carbocycles. The molecule has 2 fully saturated rings. The monoisotopic (exact) mass is 716 g/mol. The molecule has 0 unspecified atom stereocenters. The highest BCUT2D eigenvalue weighted by Crippen LogP contribution is 2.38. The first-order valence-corrected chi connectivity index (χ1v) is 15.0. The lowest BCUT2D eigenvalue weighted by Gasteiger charge is -2.43. The Balaban J connectivity index is 0.00000576. The third kappa shape index (κ3) is 8.99. The maximum absolute atomic E-state index is 13.5. The molecule has 0 aromatic heterocycles. The number of halogens is 9. The third-order valence-corrected chi connectivity index (χ3v) is 9.17. The molecule has 254 valence electrons. The normalized spacial score (nSPS) is 19.4. The van der Waals surface area contributed by atoms with Gasteiger partial charge in [-0.15, -0.1) is 12.4 Å². The van der Waals surface area contributed by atoms with Crippen LogP contribution < -0.4 is 5.32 Å². The van der Waals surface area contributed by atoms with Crippen LogP contribution >= 0.6 is 35.6 Å². The molecule has 2 aromatic carbocycles. The first kappa shape index (κ1) is 37.7. The molecule has 0 spiro atoms. The highest BCUT2D eigenvalue weighted by molar-refractivity contribution is 6.42. The molecule has 1 N–H and O–H groups in total. The van der Waals surface area contributed by atoms with Gasteiger partial charge in [0.1, 0.15) is 0 Å². The number of carbonyl (C=O) groups excluding carboxylic acids is 3. The van der Waals surface area contributed by atoms with Gasteiger partial charge in [-0.1, -0.05) is 29.3 Å². The van der Waals surface area contributed by atoms with Crippen LogP contribution in [0.5, 0.6) is 0 Å². The van der Waals surface area contributed by atoms with Gasteiger partial charge in [0, 0.05) is 63.7 Å². The summed E-state index contributed by atoms with van der Waals surface area (Å²) in [5.41, 5.74) is -3.34. The van der Waals surface area contributed by atoms with E-state index in [9.17, 15) is 40.7 Å². The van der Waals surface area contributed by atoms with Gasteiger partial charge in [-0.05, 0) is 55.2 Å². The predicted molar refractivity (Wildman–Crippen MR) is 163 cm³/mol. The largest absolute Gasteiger partial charge is 0.416 e. The minimum absolute atomic E-state index is 0. The summed E-state index contributed by atoms with van der Waals surface area (Å²) in [4.78, 5) is 42.8. The fourth-order valence-corrected chi connectivity index (χ4v) is 6.18. The van der Waals surface area contributed by atoms with Crippen molar-refractivity contribution in [3.8, 4) is 0 Å². The number of nitrogens with one attached hydrogen (secondary N) is 1. The Hall–Kier alpha value is -2.74. The Morgan fingerprint density at radius 1 is 0.870 bits per heavy atom. The number of likely N-dealkylation sites (tertiary alicyclic amines) is 2. The molecule has 4 rings (SSSR count). The average molecular weight is 718 g/mol. The lowest BCUT2D eigenvalue weighted by atomic mass is 9.84. The fraction of sp³-hybridized carbons (Fsp3) is 0.500. The molecule has 2 aliphatic rings. The van der Waals surface area contributed by atoms with Crippen LogP contribution in [0.25, 0.3) is 0 Å². The van der Waals surface area contributed by atoms with Crippen molar-refractivity contribution in [3.05, 3.63) is 68.7 Å². The first-order chi connectivity index (χ1) is 21.0. The molecule has 16 heteroatoms. The Morgan fingerprint density at radius 2 is 1.43 bits per heavy atom. The van der Waals surface area contributed by atoms with E-state index in [2.05, 4.69) is 5.32 Å². The van der Waals surface area contributed by atoms with E-state index in [-0.39, 0.29) is 72.4 Å². The summed E-state index contributed by atoms with van der Waals surface area (Å²) in [6, 6.07) is 4.90. The van der Waals surface area contributed by atoms with Crippen molar-refractivity contribution in [3.63, 3.8) is 0 Å². The van der Waals surface area contributed by atoms with E-state index in [4.69, 9.17) is 23.2 Å². The quantitative estimate of drug-likeness (QED) is 0.346. The highest BCUT2D eigenvalue weighted by atomic mass is 35.5. The molecule has 0 aliphatic carbocycles. The Labute approximate surface area is 278 Å². The van der Waals surface area contributed by atoms with Crippen LogP contribution in [0, 0.1) is 0 Å². The van der Waals surface area contributed by atoms with E-state index in [1.54, 1.807) is 21.9 Å². The molecule has 2 aliphatic heterocycles. The minimum Gasteiger partial charge on any atom is -0.343 e. The second-order valence-corrected chi connectivity index (χ2v) is 12.2. The number of carbonyl (C=O) groups is 3. The van der Waals surface area contributed by atoms with Gasteiger partial charge < -0.3 is 20.0 Å². The van der Waals surface area contributed by atoms with Gasteiger partial charge in [0.25, 0.3) is 5.91 Å². The molecule has 46 heavy (non-hydrogen) atoms. The molecular weight excluding hydrogens is 685 g/mol. The number of hydrogen-bond acceptors (Lipinski definition) is 4. The Morgan fingerprint density at radius 3 is 1.96 bits per heavy atom. The second kappa shape index (κ2) is 15.0. The van der Waals surface area contributed by atoms with Gasteiger partial charge in [-0.25, -0.2) is 0 Å². The second-order valence-electron chi connectivity index (χ2n) is 11.3. The standard InChI is InChI=1S/C30H32Cl2F6N4O3.ClH/c1-17(43)41-8-5-22(6-9-41)39-15-27(44)42-10-7-26(23(16-42)18-3-4-24(31)25(32)13-18)40(2)28(45)19-11-20(29(33,34)35)14-21(12-19)30(36,37)38;/h3-4,11-14,22-23,26,39H,5-10,15-16H2,1-2H3;1H/t23-,26+;/m0./s1. The Kier molecular flexibility index (Phi) is 12.3. The summed E-state index contributed by atoms with van der Waals surface area (Å²) in [5.74, 6) is -1.83. The predicted octanol–water partition coefficient (Wildman–Crippen LogP) is 6.51. The smallest absolute Gasteiger partial charge is 0.343 e. The third-order valence-electron chi connectivity index (χ3n) is 8.44. The topological polar surface area (TPSA) is 73.0 Å². The number of piperidine rings is 2. The summed E-state index contributed by atoms with van der Waals surface area (Å²) < 4.78 is 80.9. The number of hydrogen-bond donors (Lipinski definition) is 1. The van der Waals surface area contributed by atoms with E-state index in [1.165, 1.54) is 20.0 Å². The average Bonchev–Trinajstić information content (AvgIpc) is 2.99. The van der Waals surface area contributed by atoms with Gasteiger partial charge in [0.15, 0.2) is 0 Å². The molecule has 2 aromatic rings. The van der Waals surface area contributed by atoms with Gasteiger partial charge in [-0.2, -0.15) is 26.3 Å². The van der Waals surface area contributed by atoms with Gasteiger partial charge in [0.2, 0.25) is 11.8 Å². The summed E-state index contributed by atoms with van der Waals surface area (Å²) >= 11 is 12.4. The summed E-state index contributed by atoms with van der Waals surface area (Å²) in [5, 5.41) is 3.71. The van der Waals surface area contributed by atoms with Crippen molar-refractivity contribution in [2.75, 3.05) is 39.8 Å². The van der Waals surface area contributed by atoms with Crippen LogP contribution in [0.1, 0.15) is 59.2 Å². The number of likely N-dealkylation sites (N-methyl/N-ethyl adjacent to an activating group) is 1. The van der Waals surface area contributed by atoms with E-state index in [0.717, 1.165) is 4.90 Å². The maximum atomic E-state index is 13.5. The van der Waals surface area contributed by atoms with Crippen LogP contribution in [0.3, 0.4) is 0 Å².